The Hall–Kier alpha value is -1.69. The van der Waals surface area contributed by atoms with Gasteiger partial charge in [0.2, 0.25) is 0 Å². The number of rotatable bonds is 3. The lowest BCUT2D eigenvalue weighted by Gasteiger charge is -2.44. The Kier molecular flexibility index (Phi) is 4.99. The van der Waals surface area contributed by atoms with Crippen LogP contribution >= 0.6 is 11.8 Å². The van der Waals surface area contributed by atoms with E-state index in [0.29, 0.717) is 11.5 Å². The molecule has 2 aromatic carbocycles. The first-order valence-electron chi connectivity index (χ1n) is 10.5. The summed E-state index contributed by atoms with van der Waals surface area (Å²) in [6, 6.07) is 15.8. The number of para-hydroxylation sites is 1. The topological polar surface area (TPSA) is 19.0 Å². The maximum Gasteiger partial charge on any atom is 0.136 e. The summed E-state index contributed by atoms with van der Waals surface area (Å²) in [6.45, 7) is 11.1. The first kappa shape index (κ1) is 18.3. The predicted molar refractivity (Wildman–Crippen MR) is 116 cm³/mol. The van der Waals surface area contributed by atoms with Crippen LogP contribution in [0.1, 0.15) is 30.5 Å². The Morgan fingerprint density at radius 1 is 1.04 bits per heavy atom. The van der Waals surface area contributed by atoms with Gasteiger partial charge in [-0.15, -0.1) is 0 Å². The van der Waals surface area contributed by atoms with Crippen molar-refractivity contribution in [3.05, 3.63) is 53.6 Å². The lowest BCUT2D eigenvalue weighted by atomic mass is 9.98. The molecule has 2 atom stereocenters. The van der Waals surface area contributed by atoms with Crippen LogP contribution in [-0.4, -0.2) is 54.6 Å². The maximum absolute atomic E-state index is 5.98. The van der Waals surface area contributed by atoms with Crippen molar-refractivity contribution in [3.8, 4) is 5.75 Å². The van der Waals surface area contributed by atoms with Gasteiger partial charge >= 0.3 is 0 Å². The Morgan fingerprint density at radius 3 is 2.68 bits per heavy atom. The second kappa shape index (κ2) is 7.62. The van der Waals surface area contributed by atoms with Gasteiger partial charge in [-0.2, -0.15) is 0 Å². The van der Waals surface area contributed by atoms with Gasteiger partial charge < -0.3 is 14.5 Å². The first-order chi connectivity index (χ1) is 13.8. The molecule has 2 aromatic rings. The van der Waals surface area contributed by atoms with Crippen molar-refractivity contribution in [2.75, 3.05) is 44.2 Å². The van der Waals surface area contributed by atoms with Crippen molar-refractivity contribution in [1.82, 2.24) is 9.80 Å². The third kappa shape index (κ3) is 3.10. The molecule has 3 aliphatic heterocycles. The second-order valence-electron chi connectivity index (χ2n) is 7.94. The summed E-state index contributed by atoms with van der Waals surface area (Å²) in [5.41, 5.74) is 4.49. The van der Waals surface area contributed by atoms with Crippen molar-refractivity contribution in [2.45, 2.75) is 36.7 Å². The number of ether oxygens (including phenoxy) is 1. The molecule has 5 rings (SSSR count). The molecule has 0 aliphatic carbocycles. The van der Waals surface area contributed by atoms with E-state index < -0.39 is 0 Å². The van der Waals surface area contributed by atoms with Crippen LogP contribution in [0.3, 0.4) is 0 Å². The number of nitrogens with zero attached hydrogens (tertiary/aromatic N) is 3. The fourth-order valence-corrected chi connectivity index (χ4v) is 6.25. The minimum atomic E-state index is 0.367. The zero-order chi connectivity index (χ0) is 19.1. The fraction of sp³-hybridized carbons (Fsp3) is 0.478. The summed E-state index contributed by atoms with van der Waals surface area (Å²) in [5, 5.41) is 0. The summed E-state index contributed by atoms with van der Waals surface area (Å²) < 4.78 is 5.98. The van der Waals surface area contributed by atoms with Crippen LogP contribution in [0, 0.1) is 6.92 Å². The predicted octanol–water partition coefficient (Wildman–Crippen LogP) is 4.35. The summed E-state index contributed by atoms with van der Waals surface area (Å²) in [6.07, 6.45) is 1.04. The maximum atomic E-state index is 5.98. The third-order valence-corrected chi connectivity index (χ3v) is 7.86. The van der Waals surface area contributed by atoms with Crippen molar-refractivity contribution in [2.24, 2.45) is 0 Å². The normalized spacial score (nSPS) is 25.3. The molecule has 4 nitrogen and oxygen atoms in total. The Balaban J connectivity index is 1.52. The summed E-state index contributed by atoms with van der Waals surface area (Å²) in [5.74, 6) is 1.06. The molecule has 0 bridgehead atoms. The van der Waals surface area contributed by atoms with E-state index in [1.807, 2.05) is 11.8 Å². The quantitative estimate of drug-likeness (QED) is 0.767. The van der Waals surface area contributed by atoms with Crippen LogP contribution in [0.25, 0.3) is 0 Å². The number of benzene rings is 2. The second-order valence-corrected chi connectivity index (χ2v) is 9.00. The highest BCUT2D eigenvalue weighted by Gasteiger charge is 2.41. The smallest absolute Gasteiger partial charge is 0.136 e. The molecular formula is C23H29N3OS. The monoisotopic (exact) mass is 395 g/mol. The van der Waals surface area contributed by atoms with Crippen LogP contribution < -0.4 is 9.64 Å². The molecule has 3 heterocycles. The molecule has 0 amide bonds. The fourth-order valence-electron chi connectivity index (χ4n) is 4.76. The van der Waals surface area contributed by atoms with E-state index in [-0.39, 0.29) is 0 Å². The van der Waals surface area contributed by atoms with E-state index in [0.717, 1.165) is 38.4 Å². The van der Waals surface area contributed by atoms with Gasteiger partial charge in [0.05, 0.1) is 18.3 Å². The van der Waals surface area contributed by atoms with E-state index in [9.17, 15) is 0 Å². The van der Waals surface area contributed by atoms with Gasteiger partial charge in [0.1, 0.15) is 11.2 Å². The number of likely N-dealkylation sites (N-methyl/N-ethyl adjacent to an activating group) is 1. The molecule has 1 saturated heterocycles. The highest BCUT2D eigenvalue weighted by molar-refractivity contribution is 8.00. The molecule has 5 heteroatoms. The lowest BCUT2D eigenvalue weighted by molar-refractivity contribution is 0.122. The van der Waals surface area contributed by atoms with Crippen LogP contribution in [0.2, 0.25) is 0 Å². The number of aryl methyl sites for hydroxylation is 1. The van der Waals surface area contributed by atoms with Crippen molar-refractivity contribution in [1.29, 1.82) is 0 Å². The van der Waals surface area contributed by atoms with E-state index in [1.54, 1.807) is 0 Å². The van der Waals surface area contributed by atoms with Gasteiger partial charge in [-0.3, -0.25) is 4.90 Å². The van der Waals surface area contributed by atoms with Crippen LogP contribution in [-0.2, 0) is 0 Å². The molecule has 1 unspecified atom stereocenters. The molecule has 3 aliphatic rings. The van der Waals surface area contributed by atoms with E-state index >= 15 is 0 Å². The lowest BCUT2D eigenvalue weighted by Crippen LogP contribution is -2.54. The average Bonchev–Trinajstić information content (AvgIpc) is 3.14. The van der Waals surface area contributed by atoms with Gasteiger partial charge in [-0.1, -0.05) is 49.0 Å². The number of hydrogen-bond donors (Lipinski definition) is 0. The van der Waals surface area contributed by atoms with Crippen LogP contribution in [0.5, 0.6) is 5.75 Å². The zero-order valence-corrected chi connectivity index (χ0v) is 17.6. The van der Waals surface area contributed by atoms with E-state index in [1.165, 1.54) is 34.8 Å². The molecule has 0 aromatic heterocycles. The Bertz CT molecular complexity index is 849. The summed E-state index contributed by atoms with van der Waals surface area (Å²) in [4.78, 5) is 9.39. The molecule has 0 N–H and O–H groups in total. The minimum Gasteiger partial charge on any atom is -0.493 e. The van der Waals surface area contributed by atoms with Gasteiger partial charge in [0.25, 0.3) is 0 Å². The van der Waals surface area contributed by atoms with Crippen molar-refractivity contribution < 1.29 is 4.74 Å². The first-order valence-corrected chi connectivity index (χ1v) is 11.4. The Labute approximate surface area is 172 Å². The highest BCUT2D eigenvalue weighted by Crippen LogP contribution is 2.52. The standard InChI is InChI=1S/C23H29N3OS/c1-3-24-12-14-25(15-13-24)23-26(20-9-6-7-17(2)22(20)28-23)19-11-16-27-21-10-5-4-8-18(19)21/h4-10,19,23H,3,11-16H2,1-2H3/t19?,23-/m0/s1. The van der Waals surface area contributed by atoms with Crippen molar-refractivity contribution >= 4 is 17.4 Å². The molecule has 1 fully saturated rings. The number of fused-ring (bicyclic) bond motifs is 2. The van der Waals surface area contributed by atoms with E-state index in [2.05, 4.69) is 71.0 Å². The van der Waals surface area contributed by atoms with Gasteiger partial charge in [0.15, 0.2) is 0 Å². The SMILES string of the molecule is CCN1CCN([C@@H]2Sc3c(C)cccc3N2C2CCOc3ccccc32)CC1. The highest BCUT2D eigenvalue weighted by atomic mass is 32.2. The minimum absolute atomic E-state index is 0.367. The average molecular weight is 396 g/mol. The largest absolute Gasteiger partial charge is 0.493 e. The van der Waals surface area contributed by atoms with Crippen LogP contribution in [0.15, 0.2) is 47.4 Å². The molecule has 0 radical (unpaired) electrons. The number of anilines is 1. The zero-order valence-electron chi connectivity index (χ0n) is 16.8. The van der Waals surface area contributed by atoms with Gasteiger partial charge in [0, 0.05) is 43.1 Å². The van der Waals surface area contributed by atoms with Gasteiger partial charge in [-0.05, 0) is 31.2 Å². The number of thioether (sulfide) groups is 1. The summed E-state index contributed by atoms with van der Waals surface area (Å²) in [7, 11) is 0. The van der Waals surface area contributed by atoms with Gasteiger partial charge in [-0.25, -0.2) is 0 Å². The van der Waals surface area contributed by atoms with Crippen molar-refractivity contribution in [3.63, 3.8) is 0 Å². The molecule has 0 saturated carbocycles. The number of hydrogen-bond acceptors (Lipinski definition) is 5. The number of piperazine rings is 1. The molecule has 0 spiro atoms. The molecule has 148 valence electrons. The molecule has 28 heavy (non-hydrogen) atoms. The van der Waals surface area contributed by atoms with Crippen LogP contribution in [0.4, 0.5) is 5.69 Å². The molecular weight excluding hydrogens is 366 g/mol. The Morgan fingerprint density at radius 2 is 1.86 bits per heavy atom. The van der Waals surface area contributed by atoms with E-state index in [4.69, 9.17) is 4.74 Å². The summed E-state index contributed by atoms with van der Waals surface area (Å²) >= 11 is 2.05. The third-order valence-electron chi connectivity index (χ3n) is 6.36.